The first kappa shape index (κ1) is 32.4. The summed E-state index contributed by atoms with van der Waals surface area (Å²) in [5.41, 5.74) is 7.97. The Labute approximate surface area is 264 Å². The van der Waals surface area contributed by atoms with Gasteiger partial charge in [0, 0.05) is 26.2 Å². The summed E-state index contributed by atoms with van der Waals surface area (Å²) in [7, 11) is 0. The molecule has 2 fully saturated rings. The molecule has 3 heterocycles. The Morgan fingerprint density at radius 2 is 1.91 bits per heavy atom. The number of hydrogen-bond acceptors (Lipinski definition) is 7. The van der Waals surface area contributed by atoms with E-state index in [4.69, 9.17) is 15.2 Å². The number of nitrogens with zero attached hydrogens (tertiary/aromatic N) is 1. The first-order chi connectivity index (χ1) is 21.7. The second-order valence-electron chi connectivity index (χ2n) is 12.6. The molecule has 5 rings (SSSR count). The number of hydrogen-bond donors (Lipinski definition) is 4. The Hall–Kier alpha value is -3.96. The molecule has 0 saturated carbocycles. The van der Waals surface area contributed by atoms with Gasteiger partial charge < -0.3 is 36.1 Å². The van der Waals surface area contributed by atoms with Crippen molar-refractivity contribution in [3.05, 3.63) is 65.2 Å². The van der Waals surface area contributed by atoms with Crippen molar-refractivity contribution >= 4 is 23.6 Å². The van der Waals surface area contributed by atoms with Crippen molar-refractivity contribution in [3.8, 4) is 5.75 Å². The Morgan fingerprint density at radius 3 is 2.69 bits per heavy atom. The molecule has 0 radical (unpaired) electrons. The lowest BCUT2D eigenvalue weighted by molar-refractivity contribution is -0.139. The number of nitrogens with one attached hydrogen (secondary N) is 3. The maximum Gasteiger partial charge on any atom is 0.243 e. The zero-order valence-electron chi connectivity index (χ0n) is 26.0. The highest BCUT2D eigenvalue weighted by Crippen LogP contribution is 2.23. The molecule has 4 atom stereocenters. The van der Waals surface area contributed by atoms with Gasteiger partial charge in [-0.05, 0) is 80.2 Å². The molecule has 242 valence electrons. The van der Waals surface area contributed by atoms with Gasteiger partial charge in [-0.1, -0.05) is 36.4 Å². The molecule has 3 aliphatic rings. The molecule has 0 aliphatic carbocycles. The minimum Gasteiger partial charge on any atom is -0.494 e. The standard InChI is InChI=1S/C34H45N5O6/c1-23-9-11-27-18-26(23)20-36-31(41)28(12-10-24-6-3-2-4-7-24)37-32(42)29(38-33(43)34(35)14-17-44-22-34)19-30(40)39-15-5-8-25(21-39)13-16-45-27/h2-4,6-7,9,11,18,25,28-29H,5,8,10,12-17,19-22,35H2,1H3,(H,36,41)(H,37,42)(H,38,43)/t25?,28-,29-,34?/m0/s1. The van der Waals surface area contributed by atoms with Gasteiger partial charge in [-0.2, -0.15) is 0 Å². The summed E-state index contributed by atoms with van der Waals surface area (Å²) in [6.07, 6.45) is 3.53. The van der Waals surface area contributed by atoms with Crippen LogP contribution in [0.2, 0.25) is 0 Å². The molecule has 45 heavy (non-hydrogen) atoms. The van der Waals surface area contributed by atoms with Gasteiger partial charge in [0.15, 0.2) is 0 Å². The average molecular weight is 620 g/mol. The van der Waals surface area contributed by atoms with E-state index in [1.807, 2.05) is 55.5 Å². The number of aryl methyl sites for hydroxylation is 2. The van der Waals surface area contributed by atoms with E-state index < -0.39 is 29.4 Å². The van der Waals surface area contributed by atoms with Crippen molar-refractivity contribution in [3.63, 3.8) is 0 Å². The normalized spacial score (nSPS) is 26.6. The third-order valence-electron chi connectivity index (χ3n) is 9.14. The minimum absolute atomic E-state index is 0.0275. The quantitative estimate of drug-likeness (QED) is 0.398. The molecule has 2 aromatic rings. The van der Waals surface area contributed by atoms with Crippen LogP contribution in [0.25, 0.3) is 0 Å². The first-order valence-corrected chi connectivity index (χ1v) is 16.0. The van der Waals surface area contributed by atoms with Gasteiger partial charge >= 0.3 is 0 Å². The molecule has 3 aliphatic heterocycles. The number of piperidine rings is 1. The van der Waals surface area contributed by atoms with Crippen molar-refractivity contribution < 1.29 is 28.7 Å². The number of fused-ring (bicyclic) bond motifs is 4. The van der Waals surface area contributed by atoms with Crippen molar-refractivity contribution in [2.75, 3.05) is 32.9 Å². The summed E-state index contributed by atoms with van der Waals surface area (Å²) in [5.74, 6) is -0.756. The van der Waals surface area contributed by atoms with Gasteiger partial charge in [0.25, 0.3) is 0 Å². The molecule has 0 aromatic heterocycles. The van der Waals surface area contributed by atoms with Crippen LogP contribution in [0.4, 0.5) is 0 Å². The van der Waals surface area contributed by atoms with Crippen molar-refractivity contribution in [2.24, 2.45) is 11.7 Å². The van der Waals surface area contributed by atoms with E-state index in [0.29, 0.717) is 45.6 Å². The zero-order valence-corrected chi connectivity index (χ0v) is 26.0. The first-order valence-electron chi connectivity index (χ1n) is 16.0. The molecule has 4 amide bonds. The van der Waals surface area contributed by atoms with Gasteiger partial charge in [0.1, 0.15) is 23.4 Å². The molecule has 4 bridgehead atoms. The Kier molecular flexibility index (Phi) is 10.7. The van der Waals surface area contributed by atoms with Crippen LogP contribution < -0.4 is 26.4 Å². The van der Waals surface area contributed by atoms with Gasteiger partial charge in [0.05, 0.1) is 19.6 Å². The van der Waals surface area contributed by atoms with E-state index >= 15 is 0 Å². The fourth-order valence-electron chi connectivity index (χ4n) is 6.18. The van der Waals surface area contributed by atoms with Crippen LogP contribution in [0.3, 0.4) is 0 Å². The summed E-state index contributed by atoms with van der Waals surface area (Å²) in [6, 6.07) is 13.4. The second kappa shape index (κ2) is 14.9. The summed E-state index contributed by atoms with van der Waals surface area (Å²) in [6.45, 7) is 4.24. The maximum absolute atomic E-state index is 13.9. The maximum atomic E-state index is 13.9. The predicted octanol–water partition coefficient (Wildman–Crippen LogP) is 1.74. The third kappa shape index (κ3) is 8.61. The molecule has 11 heteroatoms. The molecule has 5 N–H and O–H groups in total. The highest BCUT2D eigenvalue weighted by atomic mass is 16.5. The van der Waals surface area contributed by atoms with Gasteiger partial charge in [-0.3, -0.25) is 19.2 Å². The van der Waals surface area contributed by atoms with Crippen LogP contribution in [0.5, 0.6) is 5.75 Å². The van der Waals surface area contributed by atoms with Gasteiger partial charge in [-0.15, -0.1) is 0 Å². The van der Waals surface area contributed by atoms with Crippen LogP contribution in [0.1, 0.15) is 55.2 Å². The topological polar surface area (TPSA) is 152 Å². The fourth-order valence-corrected chi connectivity index (χ4v) is 6.18. The van der Waals surface area contributed by atoms with Crippen LogP contribution >= 0.6 is 0 Å². The largest absolute Gasteiger partial charge is 0.494 e. The Morgan fingerprint density at radius 1 is 1.09 bits per heavy atom. The number of nitrogens with two attached hydrogens (primary N) is 1. The molecular weight excluding hydrogens is 574 g/mol. The van der Waals surface area contributed by atoms with Crippen molar-refractivity contribution in [1.29, 1.82) is 0 Å². The number of benzene rings is 2. The smallest absolute Gasteiger partial charge is 0.243 e. The predicted molar refractivity (Wildman–Crippen MR) is 168 cm³/mol. The van der Waals surface area contributed by atoms with Crippen LogP contribution in [-0.2, 0) is 36.9 Å². The summed E-state index contributed by atoms with van der Waals surface area (Å²) < 4.78 is 11.4. The third-order valence-corrected chi connectivity index (χ3v) is 9.14. The van der Waals surface area contributed by atoms with E-state index in [1.165, 1.54) is 0 Å². The lowest BCUT2D eigenvalue weighted by Crippen LogP contribution is -2.61. The monoisotopic (exact) mass is 619 g/mol. The molecule has 2 aromatic carbocycles. The van der Waals surface area contributed by atoms with E-state index in [0.717, 1.165) is 41.7 Å². The molecule has 0 spiro atoms. The summed E-state index contributed by atoms with van der Waals surface area (Å²) in [4.78, 5) is 56.1. The highest BCUT2D eigenvalue weighted by molar-refractivity contribution is 5.96. The Bertz CT molecular complexity index is 1360. The number of ether oxygens (including phenoxy) is 2. The number of carbonyl (C=O) groups excluding carboxylic acids is 4. The van der Waals surface area contributed by atoms with E-state index in [-0.39, 0.29) is 37.3 Å². The number of carbonyl (C=O) groups is 4. The fraction of sp³-hybridized carbons (Fsp3) is 0.529. The summed E-state index contributed by atoms with van der Waals surface area (Å²) >= 11 is 0. The van der Waals surface area contributed by atoms with E-state index in [1.54, 1.807) is 4.90 Å². The zero-order chi connectivity index (χ0) is 31.8. The van der Waals surface area contributed by atoms with Gasteiger partial charge in [0.2, 0.25) is 23.6 Å². The van der Waals surface area contributed by atoms with Crippen LogP contribution in [0, 0.1) is 12.8 Å². The van der Waals surface area contributed by atoms with E-state index in [9.17, 15) is 19.2 Å². The van der Waals surface area contributed by atoms with Crippen LogP contribution in [0.15, 0.2) is 48.5 Å². The lowest BCUT2D eigenvalue weighted by Gasteiger charge is -2.34. The number of rotatable bonds is 5. The minimum atomic E-state index is -1.29. The van der Waals surface area contributed by atoms with E-state index in [2.05, 4.69) is 16.0 Å². The van der Waals surface area contributed by atoms with Crippen LogP contribution in [-0.4, -0.2) is 79.1 Å². The highest BCUT2D eigenvalue weighted by Gasteiger charge is 2.41. The van der Waals surface area contributed by atoms with Gasteiger partial charge in [-0.25, -0.2) is 0 Å². The lowest BCUT2D eigenvalue weighted by atomic mass is 9.94. The second-order valence-corrected chi connectivity index (χ2v) is 12.6. The molecular formula is C34H45N5O6. The molecule has 2 unspecified atom stereocenters. The molecule has 2 saturated heterocycles. The van der Waals surface area contributed by atoms with Crippen molar-refractivity contribution in [1.82, 2.24) is 20.9 Å². The summed E-state index contributed by atoms with van der Waals surface area (Å²) in [5, 5.41) is 8.59. The average Bonchev–Trinajstić information content (AvgIpc) is 3.50. The SMILES string of the molecule is Cc1ccc2cc1CNC(=O)[C@H](CCc1ccccc1)NC(=O)[C@@H](NC(=O)C1(N)CCOC1)CC(=O)N1CCCC(CCO2)C1. The molecule has 11 nitrogen and oxygen atoms in total. The Balaban J connectivity index is 1.41. The van der Waals surface area contributed by atoms with Crippen molar-refractivity contribution in [2.45, 2.75) is 76.0 Å². The number of amides is 4.